The summed E-state index contributed by atoms with van der Waals surface area (Å²) in [6.07, 6.45) is 0. The number of nitrogens with one attached hydrogen (secondary N) is 1. The van der Waals surface area contributed by atoms with E-state index in [1.807, 2.05) is 6.92 Å². The Balaban J connectivity index is 2.32. The molecule has 0 fully saturated rings. The topological polar surface area (TPSA) is 29.1 Å². The molecule has 1 amide bonds. The van der Waals surface area contributed by atoms with Crippen LogP contribution >= 0.6 is 35.8 Å². The molecule has 0 spiro atoms. The van der Waals surface area contributed by atoms with Gasteiger partial charge in [0, 0.05) is 10.5 Å². The number of carbonyl (C=O) groups is 1. The lowest BCUT2D eigenvalue weighted by Crippen LogP contribution is -2.12. The Labute approximate surface area is 127 Å². The summed E-state index contributed by atoms with van der Waals surface area (Å²) >= 11 is 16.4. The second kappa shape index (κ2) is 5.87. The molecule has 0 aliphatic carbocycles. The van der Waals surface area contributed by atoms with Crippen molar-refractivity contribution in [2.24, 2.45) is 0 Å². The smallest absolute Gasteiger partial charge is 0.255 e. The van der Waals surface area contributed by atoms with Gasteiger partial charge in [0.05, 0.1) is 15.7 Å². The number of anilines is 1. The maximum absolute atomic E-state index is 12.1. The van der Waals surface area contributed by atoms with E-state index in [4.69, 9.17) is 23.2 Å². The van der Waals surface area contributed by atoms with E-state index in [1.54, 1.807) is 36.4 Å². The summed E-state index contributed by atoms with van der Waals surface area (Å²) in [5.41, 5.74) is 1.78. The molecule has 0 aliphatic rings. The Morgan fingerprint density at radius 1 is 1.21 bits per heavy atom. The molecular weight excluding hydrogens is 301 g/mol. The van der Waals surface area contributed by atoms with Crippen molar-refractivity contribution in [3.63, 3.8) is 0 Å². The minimum Gasteiger partial charge on any atom is -0.319 e. The van der Waals surface area contributed by atoms with E-state index < -0.39 is 0 Å². The van der Waals surface area contributed by atoms with E-state index in [-0.39, 0.29) is 5.91 Å². The van der Waals surface area contributed by atoms with Crippen molar-refractivity contribution in [3.8, 4) is 0 Å². The molecule has 0 aromatic heterocycles. The van der Waals surface area contributed by atoms with Crippen molar-refractivity contribution in [3.05, 3.63) is 57.6 Å². The van der Waals surface area contributed by atoms with Crippen LogP contribution in [0.25, 0.3) is 0 Å². The highest BCUT2D eigenvalue weighted by Gasteiger charge is 2.13. The highest BCUT2D eigenvalue weighted by atomic mass is 35.5. The fourth-order valence-corrected chi connectivity index (χ4v) is 2.29. The molecule has 5 heteroatoms. The van der Waals surface area contributed by atoms with Gasteiger partial charge in [-0.2, -0.15) is 0 Å². The maximum atomic E-state index is 12.1. The van der Waals surface area contributed by atoms with E-state index in [9.17, 15) is 4.79 Å². The summed E-state index contributed by atoms with van der Waals surface area (Å²) in [5.74, 6) is -0.273. The van der Waals surface area contributed by atoms with Crippen LogP contribution in [-0.4, -0.2) is 5.91 Å². The van der Waals surface area contributed by atoms with E-state index in [2.05, 4.69) is 17.9 Å². The van der Waals surface area contributed by atoms with Crippen molar-refractivity contribution >= 4 is 47.4 Å². The number of halogens is 2. The molecule has 19 heavy (non-hydrogen) atoms. The van der Waals surface area contributed by atoms with Crippen LogP contribution in [0.3, 0.4) is 0 Å². The average molecular weight is 312 g/mol. The van der Waals surface area contributed by atoms with Crippen LogP contribution < -0.4 is 5.32 Å². The van der Waals surface area contributed by atoms with Crippen LogP contribution in [0.15, 0.2) is 41.3 Å². The lowest BCUT2D eigenvalue weighted by molar-refractivity contribution is 0.102. The Kier molecular flexibility index (Phi) is 4.40. The van der Waals surface area contributed by atoms with Crippen molar-refractivity contribution in [2.75, 3.05) is 5.32 Å². The predicted octanol–water partition coefficient (Wildman–Crippen LogP) is 4.84. The average Bonchev–Trinajstić information content (AvgIpc) is 2.39. The summed E-state index contributed by atoms with van der Waals surface area (Å²) in [6.45, 7) is 1.85. The fraction of sp³-hybridized carbons (Fsp3) is 0.0714. The quantitative estimate of drug-likeness (QED) is 0.763. The van der Waals surface area contributed by atoms with Gasteiger partial charge in [0.2, 0.25) is 0 Å². The Hall–Kier alpha value is -1.16. The van der Waals surface area contributed by atoms with E-state index in [0.717, 1.165) is 5.56 Å². The van der Waals surface area contributed by atoms with E-state index >= 15 is 0 Å². The Morgan fingerprint density at radius 3 is 2.63 bits per heavy atom. The molecule has 0 heterocycles. The fourth-order valence-electron chi connectivity index (χ4n) is 1.60. The molecule has 0 saturated heterocycles. The zero-order chi connectivity index (χ0) is 14.0. The summed E-state index contributed by atoms with van der Waals surface area (Å²) in [6, 6.07) is 10.4. The first-order valence-corrected chi connectivity index (χ1v) is 6.74. The second-order valence-electron chi connectivity index (χ2n) is 4.06. The first-order chi connectivity index (χ1) is 8.99. The van der Waals surface area contributed by atoms with Gasteiger partial charge in [0.25, 0.3) is 5.91 Å². The largest absolute Gasteiger partial charge is 0.319 e. The van der Waals surface area contributed by atoms with E-state index in [0.29, 0.717) is 26.2 Å². The standard InChI is InChI=1S/C14H11Cl2NOS/c1-8-5-6-11(15)13(12(8)16)17-14(18)9-3-2-4-10(19)7-9/h2-7,19H,1H3,(H,17,18). The molecule has 0 unspecified atom stereocenters. The van der Waals surface area contributed by atoms with Crippen molar-refractivity contribution < 1.29 is 4.79 Å². The van der Waals surface area contributed by atoms with Gasteiger partial charge in [0.15, 0.2) is 0 Å². The highest BCUT2D eigenvalue weighted by molar-refractivity contribution is 7.80. The molecular formula is C14H11Cl2NOS. The summed E-state index contributed by atoms with van der Waals surface area (Å²) in [4.78, 5) is 12.8. The van der Waals surface area contributed by atoms with Crippen LogP contribution in [0.2, 0.25) is 10.0 Å². The number of benzene rings is 2. The third-order valence-corrected chi connectivity index (χ3v) is 3.71. The molecule has 0 aliphatic heterocycles. The minimum absolute atomic E-state index is 0.273. The number of aryl methyl sites for hydroxylation is 1. The van der Waals surface area contributed by atoms with Crippen LogP contribution in [0, 0.1) is 6.92 Å². The Morgan fingerprint density at radius 2 is 1.95 bits per heavy atom. The molecule has 0 bridgehead atoms. The second-order valence-corrected chi connectivity index (χ2v) is 5.36. The molecule has 0 radical (unpaired) electrons. The molecule has 98 valence electrons. The van der Waals surface area contributed by atoms with E-state index in [1.165, 1.54) is 0 Å². The van der Waals surface area contributed by atoms with Gasteiger partial charge < -0.3 is 5.32 Å². The molecule has 2 nitrogen and oxygen atoms in total. The van der Waals surface area contributed by atoms with Crippen LogP contribution in [0.5, 0.6) is 0 Å². The zero-order valence-electron chi connectivity index (χ0n) is 10.1. The monoisotopic (exact) mass is 311 g/mol. The SMILES string of the molecule is Cc1ccc(Cl)c(NC(=O)c2cccc(S)c2)c1Cl. The zero-order valence-corrected chi connectivity index (χ0v) is 12.5. The predicted molar refractivity (Wildman–Crippen MR) is 82.8 cm³/mol. The normalized spacial score (nSPS) is 10.3. The van der Waals surface area contributed by atoms with Crippen LogP contribution in [0.1, 0.15) is 15.9 Å². The number of amides is 1. The molecule has 1 N–H and O–H groups in total. The number of hydrogen-bond donors (Lipinski definition) is 2. The third-order valence-electron chi connectivity index (χ3n) is 2.63. The summed E-state index contributed by atoms with van der Waals surface area (Å²) in [5, 5.41) is 3.58. The third kappa shape index (κ3) is 3.24. The van der Waals surface area contributed by atoms with Gasteiger partial charge in [-0.3, -0.25) is 4.79 Å². The van der Waals surface area contributed by atoms with Crippen molar-refractivity contribution in [2.45, 2.75) is 11.8 Å². The lowest BCUT2D eigenvalue weighted by Gasteiger charge is -2.11. The lowest BCUT2D eigenvalue weighted by atomic mass is 10.2. The van der Waals surface area contributed by atoms with Gasteiger partial charge in [-0.25, -0.2) is 0 Å². The van der Waals surface area contributed by atoms with Gasteiger partial charge >= 0.3 is 0 Å². The Bertz CT molecular complexity index is 643. The number of rotatable bonds is 2. The number of hydrogen-bond acceptors (Lipinski definition) is 2. The van der Waals surface area contributed by atoms with Crippen LogP contribution in [-0.2, 0) is 0 Å². The van der Waals surface area contributed by atoms with Gasteiger partial charge in [-0.1, -0.05) is 35.3 Å². The summed E-state index contributed by atoms with van der Waals surface area (Å²) < 4.78 is 0. The molecule has 0 saturated carbocycles. The maximum Gasteiger partial charge on any atom is 0.255 e. The van der Waals surface area contributed by atoms with Gasteiger partial charge in [-0.05, 0) is 36.8 Å². The summed E-state index contributed by atoms with van der Waals surface area (Å²) in [7, 11) is 0. The van der Waals surface area contributed by atoms with Crippen molar-refractivity contribution in [1.82, 2.24) is 0 Å². The number of thiol groups is 1. The van der Waals surface area contributed by atoms with Crippen LogP contribution in [0.4, 0.5) is 5.69 Å². The molecule has 0 atom stereocenters. The minimum atomic E-state index is -0.273. The number of carbonyl (C=O) groups excluding carboxylic acids is 1. The first-order valence-electron chi connectivity index (χ1n) is 5.54. The highest BCUT2D eigenvalue weighted by Crippen LogP contribution is 2.33. The van der Waals surface area contributed by atoms with Gasteiger partial charge in [0.1, 0.15) is 0 Å². The first kappa shape index (κ1) is 14.3. The van der Waals surface area contributed by atoms with Gasteiger partial charge in [-0.15, -0.1) is 12.6 Å². The van der Waals surface area contributed by atoms with Crippen molar-refractivity contribution in [1.29, 1.82) is 0 Å². The molecule has 2 aromatic carbocycles. The molecule has 2 rings (SSSR count). The molecule has 2 aromatic rings.